The molecule has 2 N–H and O–H groups in total. The van der Waals surface area contributed by atoms with Crippen molar-refractivity contribution in [1.29, 1.82) is 0 Å². The van der Waals surface area contributed by atoms with Gasteiger partial charge in [-0.05, 0) is 49.7 Å². The van der Waals surface area contributed by atoms with Gasteiger partial charge in [0.25, 0.3) is 5.91 Å². The number of amides is 3. The highest BCUT2D eigenvalue weighted by atomic mass is 35.5. The van der Waals surface area contributed by atoms with Crippen molar-refractivity contribution in [2.75, 3.05) is 25.1 Å². The Morgan fingerprint density at radius 1 is 1.10 bits per heavy atom. The van der Waals surface area contributed by atoms with Gasteiger partial charge < -0.3 is 24.3 Å². The van der Waals surface area contributed by atoms with E-state index in [1.165, 1.54) is 6.92 Å². The van der Waals surface area contributed by atoms with Crippen molar-refractivity contribution in [2.24, 2.45) is 0 Å². The number of halogens is 1. The second-order valence-corrected chi connectivity index (χ2v) is 7.07. The monoisotopic (exact) mass is 448 g/mol. The van der Waals surface area contributed by atoms with Crippen LogP contribution in [0.3, 0.4) is 0 Å². The molecule has 1 aliphatic heterocycles. The summed E-state index contributed by atoms with van der Waals surface area (Å²) in [6.07, 6.45) is -0.959. The van der Waals surface area contributed by atoms with E-state index in [-0.39, 0.29) is 0 Å². The highest BCUT2D eigenvalue weighted by Crippen LogP contribution is 2.32. The number of rotatable bonds is 6. The quantitative estimate of drug-likeness (QED) is 0.653. The average molecular weight is 449 g/mol. The third-order valence-electron chi connectivity index (χ3n) is 4.17. The number of aryl methyl sites for hydroxylation is 1. The van der Waals surface area contributed by atoms with E-state index >= 15 is 0 Å². The van der Waals surface area contributed by atoms with E-state index in [4.69, 9.17) is 30.5 Å². The summed E-state index contributed by atoms with van der Waals surface area (Å²) in [5.41, 5.74) is 1.16. The number of benzene rings is 2. The molecule has 0 radical (unpaired) electrons. The van der Waals surface area contributed by atoms with Crippen molar-refractivity contribution < 1.29 is 33.3 Å². The van der Waals surface area contributed by atoms with Crippen molar-refractivity contribution in [1.82, 2.24) is 5.32 Å². The van der Waals surface area contributed by atoms with Gasteiger partial charge in [0, 0.05) is 16.8 Å². The summed E-state index contributed by atoms with van der Waals surface area (Å²) in [6.45, 7) is 3.50. The summed E-state index contributed by atoms with van der Waals surface area (Å²) in [5.74, 6) is -0.00772. The number of nitrogens with one attached hydrogen (secondary N) is 2. The van der Waals surface area contributed by atoms with Crippen molar-refractivity contribution >= 4 is 35.2 Å². The molecule has 3 rings (SSSR count). The minimum absolute atomic E-state index is 0.409. The van der Waals surface area contributed by atoms with Crippen LogP contribution >= 0.6 is 11.6 Å². The van der Waals surface area contributed by atoms with Crippen LogP contribution in [-0.4, -0.2) is 43.8 Å². The fraction of sp³-hybridized carbons (Fsp3) is 0.286. The van der Waals surface area contributed by atoms with Crippen LogP contribution in [0.15, 0.2) is 36.4 Å². The zero-order valence-electron chi connectivity index (χ0n) is 16.9. The Labute approximate surface area is 183 Å². The number of urea groups is 1. The molecule has 1 unspecified atom stereocenters. The van der Waals surface area contributed by atoms with Crippen molar-refractivity contribution in [3.05, 3.63) is 47.0 Å². The first-order chi connectivity index (χ1) is 14.8. The molecular formula is C21H21ClN2O7. The van der Waals surface area contributed by atoms with Gasteiger partial charge in [-0.25, -0.2) is 9.59 Å². The summed E-state index contributed by atoms with van der Waals surface area (Å²) in [7, 11) is 0. The molecule has 1 atom stereocenters. The van der Waals surface area contributed by atoms with Crippen LogP contribution in [-0.2, 0) is 14.3 Å². The Morgan fingerprint density at radius 3 is 2.58 bits per heavy atom. The Kier molecular flexibility index (Phi) is 7.19. The summed E-state index contributed by atoms with van der Waals surface area (Å²) >= 11 is 5.89. The smallest absolute Gasteiger partial charge is 0.347 e. The largest absolute Gasteiger partial charge is 0.486 e. The zero-order chi connectivity index (χ0) is 22.4. The third-order valence-corrected chi connectivity index (χ3v) is 4.41. The lowest BCUT2D eigenvalue weighted by molar-refractivity contribution is -0.154. The van der Waals surface area contributed by atoms with Crippen LogP contribution in [0, 0.1) is 6.92 Å². The Morgan fingerprint density at radius 2 is 1.84 bits per heavy atom. The average Bonchev–Trinajstić information content (AvgIpc) is 2.73. The lowest BCUT2D eigenvalue weighted by Crippen LogP contribution is -2.38. The van der Waals surface area contributed by atoms with Crippen LogP contribution in [0.25, 0.3) is 0 Å². The van der Waals surface area contributed by atoms with Crippen molar-refractivity contribution in [3.63, 3.8) is 0 Å². The zero-order valence-corrected chi connectivity index (χ0v) is 17.7. The molecule has 31 heavy (non-hydrogen) atoms. The molecule has 1 aliphatic rings. The van der Waals surface area contributed by atoms with Crippen molar-refractivity contribution in [3.8, 4) is 17.2 Å². The number of carbonyl (C=O) groups excluding carboxylic acids is 3. The van der Waals surface area contributed by atoms with Gasteiger partial charge in [0.15, 0.2) is 24.2 Å². The highest BCUT2D eigenvalue weighted by Gasteiger charge is 2.20. The Bertz CT molecular complexity index is 996. The second kappa shape index (κ2) is 10.0. The van der Waals surface area contributed by atoms with E-state index in [9.17, 15) is 14.4 Å². The van der Waals surface area contributed by atoms with Gasteiger partial charge in [0.05, 0.1) is 0 Å². The van der Waals surface area contributed by atoms with E-state index in [2.05, 4.69) is 10.6 Å². The van der Waals surface area contributed by atoms with Crippen LogP contribution in [0.2, 0.25) is 5.02 Å². The fourth-order valence-corrected chi connectivity index (χ4v) is 2.91. The SMILES string of the molecule is Cc1cc(Cl)ccc1OC(C)C(=O)OCC(=O)NC(=O)Nc1ccc2c(c1)OCCO2. The lowest BCUT2D eigenvalue weighted by atomic mass is 10.2. The Hall–Kier alpha value is -3.46. The molecule has 164 valence electrons. The fourth-order valence-electron chi connectivity index (χ4n) is 2.68. The minimum Gasteiger partial charge on any atom is -0.486 e. The molecule has 1 heterocycles. The van der Waals surface area contributed by atoms with Gasteiger partial charge in [0.1, 0.15) is 19.0 Å². The predicted octanol–water partition coefficient (Wildman–Crippen LogP) is 3.08. The number of esters is 1. The predicted molar refractivity (Wildman–Crippen MR) is 112 cm³/mol. The summed E-state index contributed by atoms with van der Waals surface area (Å²) < 4.78 is 21.3. The first-order valence-corrected chi connectivity index (χ1v) is 9.79. The molecule has 10 heteroatoms. The summed E-state index contributed by atoms with van der Waals surface area (Å²) in [6, 6.07) is 9.02. The molecule has 0 aromatic heterocycles. The van der Waals surface area contributed by atoms with Gasteiger partial charge in [0.2, 0.25) is 0 Å². The first-order valence-electron chi connectivity index (χ1n) is 9.42. The number of carbonyl (C=O) groups is 3. The normalized spacial score (nSPS) is 13.0. The molecule has 0 fully saturated rings. The van der Waals surface area contributed by atoms with E-state index < -0.39 is 30.6 Å². The van der Waals surface area contributed by atoms with Gasteiger partial charge in [-0.1, -0.05) is 11.6 Å². The molecule has 0 saturated heterocycles. The topological polar surface area (TPSA) is 112 Å². The minimum atomic E-state index is -0.959. The number of anilines is 1. The maximum Gasteiger partial charge on any atom is 0.347 e. The van der Waals surface area contributed by atoms with Gasteiger partial charge in [-0.3, -0.25) is 10.1 Å². The molecule has 0 bridgehead atoms. The molecule has 3 amide bonds. The van der Waals surface area contributed by atoms with Gasteiger partial charge in [-0.2, -0.15) is 0 Å². The summed E-state index contributed by atoms with van der Waals surface area (Å²) in [4.78, 5) is 36.0. The number of imide groups is 1. The Balaban J connectivity index is 1.43. The molecule has 0 spiro atoms. The number of hydrogen-bond acceptors (Lipinski definition) is 7. The van der Waals surface area contributed by atoms with Crippen LogP contribution in [0.1, 0.15) is 12.5 Å². The standard InChI is InChI=1S/C21H21ClN2O7/c1-12-9-14(22)3-5-16(12)31-13(2)20(26)30-11-19(25)24-21(27)23-15-4-6-17-18(10-15)29-8-7-28-17/h3-6,9-10,13H,7-8,11H2,1-2H3,(H2,23,24,25,27). The van der Waals surface area contributed by atoms with Crippen molar-refractivity contribution in [2.45, 2.75) is 20.0 Å². The molecule has 2 aromatic rings. The number of fused-ring (bicyclic) bond motifs is 1. The highest BCUT2D eigenvalue weighted by molar-refractivity contribution is 6.30. The van der Waals surface area contributed by atoms with E-state index in [1.807, 2.05) is 0 Å². The van der Waals surface area contributed by atoms with E-state index in [0.717, 1.165) is 5.56 Å². The number of ether oxygens (including phenoxy) is 4. The molecular weight excluding hydrogens is 428 g/mol. The third kappa shape index (κ3) is 6.26. The molecule has 0 aliphatic carbocycles. The van der Waals surface area contributed by atoms with Gasteiger partial charge >= 0.3 is 12.0 Å². The molecule has 0 saturated carbocycles. The van der Waals surface area contributed by atoms with E-state index in [1.54, 1.807) is 43.3 Å². The van der Waals surface area contributed by atoms with E-state index in [0.29, 0.717) is 41.2 Å². The number of hydrogen-bond donors (Lipinski definition) is 2. The van der Waals surface area contributed by atoms with Gasteiger partial charge in [-0.15, -0.1) is 0 Å². The van der Waals surface area contributed by atoms with Crippen LogP contribution in [0.5, 0.6) is 17.2 Å². The lowest BCUT2D eigenvalue weighted by Gasteiger charge is -2.19. The first kappa shape index (κ1) is 22.2. The van der Waals surface area contributed by atoms with Crippen LogP contribution in [0.4, 0.5) is 10.5 Å². The maximum absolute atomic E-state index is 12.1. The molecule has 2 aromatic carbocycles. The second-order valence-electron chi connectivity index (χ2n) is 6.64. The molecule has 9 nitrogen and oxygen atoms in total. The van der Waals surface area contributed by atoms with Crippen LogP contribution < -0.4 is 24.8 Å². The summed E-state index contributed by atoms with van der Waals surface area (Å²) in [5, 5.41) is 5.12. The maximum atomic E-state index is 12.1.